The van der Waals surface area contributed by atoms with Crippen molar-refractivity contribution in [3.05, 3.63) is 30.1 Å². The number of amides is 2. The first-order valence-corrected chi connectivity index (χ1v) is 6.47. The molecule has 5 nitrogen and oxygen atoms in total. The Bertz CT molecular complexity index is 448. The quantitative estimate of drug-likeness (QED) is 0.781. The number of primary amides is 1. The van der Waals surface area contributed by atoms with Gasteiger partial charge in [-0.2, -0.15) is 0 Å². The molecule has 0 unspecified atom stereocenters. The summed E-state index contributed by atoms with van der Waals surface area (Å²) in [5.74, 6) is -0.853. The number of hydrogen-bond acceptors (Lipinski definition) is 3. The van der Waals surface area contributed by atoms with Crippen LogP contribution >= 0.6 is 0 Å². The van der Waals surface area contributed by atoms with E-state index in [1.165, 1.54) is 29.2 Å². The molecule has 0 saturated heterocycles. The highest BCUT2D eigenvalue weighted by Crippen LogP contribution is 2.11. The Morgan fingerprint density at radius 1 is 1.30 bits per heavy atom. The van der Waals surface area contributed by atoms with E-state index in [0.717, 1.165) is 12.8 Å². The van der Waals surface area contributed by atoms with Crippen molar-refractivity contribution in [2.45, 2.75) is 19.8 Å². The van der Waals surface area contributed by atoms with Gasteiger partial charge in [0.15, 0.2) is 6.61 Å². The maximum absolute atomic E-state index is 12.7. The molecule has 0 bridgehead atoms. The van der Waals surface area contributed by atoms with Crippen molar-refractivity contribution in [2.75, 3.05) is 19.7 Å². The highest BCUT2D eigenvalue weighted by molar-refractivity contribution is 5.84. The van der Waals surface area contributed by atoms with Crippen LogP contribution in [0, 0.1) is 5.82 Å². The van der Waals surface area contributed by atoms with Gasteiger partial charge in [0.25, 0.3) is 5.91 Å². The zero-order valence-electron chi connectivity index (χ0n) is 11.5. The van der Waals surface area contributed by atoms with E-state index in [9.17, 15) is 14.0 Å². The first-order valence-electron chi connectivity index (χ1n) is 6.47. The average Bonchev–Trinajstić information content (AvgIpc) is 2.42. The molecule has 1 rings (SSSR count). The number of hydrogen-bond donors (Lipinski definition) is 1. The summed E-state index contributed by atoms with van der Waals surface area (Å²) < 4.78 is 18.0. The summed E-state index contributed by atoms with van der Waals surface area (Å²) in [5.41, 5.74) is 5.11. The Hall–Kier alpha value is -2.11. The van der Waals surface area contributed by atoms with E-state index in [-0.39, 0.29) is 24.9 Å². The zero-order chi connectivity index (χ0) is 15.0. The average molecular weight is 282 g/mol. The second-order valence-electron chi connectivity index (χ2n) is 4.38. The van der Waals surface area contributed by atoms with Crippen LogP contribution in [-0.2, 0) is 9.59 Å². The second-order valence-corrected chi connectivity index (χ2v) is 4.38. The van der Waals surface area contributed by atoms with Crippen molar-refractivity contribution in [2.24, 2.45) is 5.73 Å². The van der Waals surface area contributed by atoms with E-state index in [0.29, 0.717) is 12.3 Å². The molecule has 0 aliphatic rings. The highest BCUT2D eigenvalue weighted by Gasteiger charge is 2.15. The Balaban J connectivity index is 2.51. The Kier molecular flexibility index (Phi) is 6.49. The van der Waals surface area contributed by atoms with Gasteiger partial charge in [0, 0.05) is 6.54 Å². The van der Waals surface area contributed by atoms with Crippen LogP contribution in [0.4, 0.5) is 4.39 Å². The fourth-order valence-corrected chi connectivity index (χ4v) is 1.60. The number of nitrogens with zero attached hydrogens (tertiary/aromatic N) is 1. The molecule has 0 radical (unpaired) electrons. The molecule has 2 N–H and O–H groups in total. The molecule has 2 amide bonds. The van der Waals surface area contributed by atoms with Crippen molar-refractivity contribution in [1.82, 2.24) is 4.90 Å². The predicted octanol–water partition coefficient (Wildman–Crippen LogP) is 1.32. The molecule has 110 valence electrons. The summed E-state index contributed by atoms with van der Waals surface area (Å²) in [5, 5.41) is 0. The SMILES string of the molecule is CCCCN(CC(N)=O)C(=O)COc1ccc(F)cc1. The zero-order valence-corrected chi connectivity index (χ0v) is 11.5. The van der Waals surface area contributed by atoms with Crippen molar-refractivity contribution in [1.29, 1.82) is 0 Å². The van der Waals surface area contributed by atoms with Gasteiger partial charge in [-0.3, -0.25) is 9.59 Å². The van der Waals surface area contributed by atoms with Crippen LogP contribution < -0.4 is 10.5 Å². The van der Waals surface area contributed by atoms with Gasteiger partial charge < -0.3 is 15.4 Å². The lowest BCUT2D eigenvalue weighted by atomic mass is 10.3. The number of nitrogens with two attached hydrogens (primary N) is 1. The number of carbonyl (C=O) groups excluding carboxylic acids is 2. The maximum atomic E-state index is 12.7. The lowest BCUT2D eigenvalue weighted by Gasteiger charge is -2.21. The minimum atomic E-state index is -0.559. The Labute approximate surface area is 117 Å². The standard InChI is InChI=1S/C14H19FN2O3/c1-2-3-8-17(9-13(16)18)14(19)10-20-12-6-4-11(15)5-7-12/h4-7H,2-3,8-10H2,1H3,(H2,16,18). The Morgan fingerprint density at radius 3 is 2.50 bits per heavy atom. The molecule has 0 fully saturated rings. The van der Waals surface area contributed by atoms with Crippen LogP contribution in [0.5, 0.6) is 5.75 Å². The molecule has 0 saturated carbocycles. The van der Waals surface area contributed by atoms with Crippen molar-refractivity contribution < 1.29 is 18.7 Å². The molecule has 20 heavy (non-hydrogen) atoms. The van der Waals surface area contributed by atoms with Crippen LogP contribution in [0.1, 0.15) is 19.8 Å². The molecule has 6 heteroatoms. The minimum Gasteiger partial charge on any atom is -0.484 e. The van der Waals surface area contributed by atoms with E-state index in [1.807, 2.05) is 6.92 Å². The molecular formula is C14H19FN2O3. The van der Waals surface area contributed by atoms with Crippen molar-refractivity contribution in [3.8, 4) is 5.75 Å². The van der Waals surface area contributed by atoms with E-state index < -0.39 is 5.91 Å². The number of halogens is 1. The second kappa shape index (κ2) is 8.14. The smallest absolute Gasteiger partial charge is 0.260 e. The lowest BCUT2D eigenvalue weighted by Crippen LogP contribution is -2.41. The predicted molar refractivity (Wildman–Crippen MR) is 72.6 cm³/mol. The third-order valence-corrected chi connectivity index (χ3v) is 2.66. The van der Waals surface area contributed by atoms with Gasteiger partial charge in [0.05, 0.1) is 6.54 Å². The monoisotopic (exact) mass is 282 g/mol. The van der Waals surface area contributed by atoms with E-state index >= 15 is 0 Å². The van der Waals surface area contributed by atoms with Gasteiger partial charge in [-0.25, -0.2) is 4.39 Å². The van der Waals surface area contributed by atoms with Crippen LogP contribution in [-0.4, -0.2) is 36.4 Å². The number of carbonyl (C=O) groups is 2. The molecule has 0 spiro atoms. The summed E-state index contributed by atoms with van der Waals surface area (Å²) in [4.78, 5) is 24.2. The number of rotatable bonds is 8. The van der Waals surface area contributed by atoms with Gasteiger partial charge in [0.1, 0.15) is 11.6 Å². The van der Waals surface area contributed by atoms with Gasteiger partial charge >= 0.3 is 0 Å². The summed E-state index contributed by atoms with van der Waals surface area (Å²) in [6, 6.07) is 5.37. The largest absolute Gasteiger partial charge is 0.484 e. The summed E-state index contributed by atoms with van der Waals surface area (Å²) in [6.45, 7) is 2.13. The van der Waals surface area contributed by atoms with Gasteiger partial charge in [-0.15, -0.1) is 0 Å². The van der Waals surface area contributed by atoms with Crippen molar-refractivity contribution >= 4 is 11.8 Å². The number of ether oxygens (including phenoxy) is 1. The molecule has 0 heterocycles. The minimum absolute atomic E-state index is 0.119. The molecular weight excluding hydrogens is 263 g/mol. The summed E-state index contributed by atoms with van der Waals surface area (Å²) in [6.07, 6.45) is 1.69. The van der Waals surface area contributed by atoms with E-state index in [4.69, 9.17) is 10.5 Å². The van der Waals surface area contributed by atoms with E-state index in [1.54, 1.807) is 0 Å². The van der Waals surface area contributed by atoms with Crippen LogP contribution in [0.15, 0.2) is 24.3 Å². The lowest BCUT2D eigenvalue weighted by molar-refractivity contribution is -0.137. The fourth-order valence-electron chi connectivity index (χ4n) is 1.60. The third-order valence-electron chi connectivity index (χ3n) is 2.66. The van der Waals surface area contributed by atoms with Gasteiger partial charge in [-0.05, 0) is 30.7 Å². The van der Waals surface area contributed by atoms with E-state index in [2.05, 4.69) is 0 Å². The van der Waals surface area contributed by atoms with Crippen LogP contribution in [0.3, 0.4) is 0 Å². The topological polar surface area (TPSA) is 72.6 Å². The maximum Gasteiger partial charge on any atom is 0.260 e. The van der Waals surface area contributed by atoms with Gasteiger partial charge in [-0.1, -0.05) is 13.3 Å². The van der Waals surface area contributed by atoms with Gasteiger partial charge in [0.2, 0.25) is 5.91 Å². The van der Waals surface area contributed by atoms with Crippen LogP contribution in [0.2, 0.25) is 0 Å². The normalized spacial score (nSPS) is 10.1. The summed E-state index contributed by atoms with van der Waals surface area (Å²) >= 11 is 0. The number of unbranched alkanes of at least 4 members (excludes halogenated alkanes) is 1. The molecule has 1 aromatic carbocycles. The first-order chi connectivity index (χ1) is 9.52. The Morgan fingerprint density at radius 2 is 1.95 bits per heavy atom. The van der Waals surface area contributed by atoms with Crippen LogP contribution in [0.25, 0.3) is 0 Å². The molecule has 0 aliphatic heterocycles. The first kappa shape index (κ1) is 15.9. The van der Waals surface area contributed by atoms with Crippen molar-refractivity contribution in [3.63, 3.8) is 0 Å². The molecule has 0 atom stereocenters. The number of benzene rings is 1. The molecule has 0 aromatic heterocycles. The molecule has 0 aliphatic carbocycles. The highest BCUT2D eigenvalue weighted by atomic mass is 19.1. The third kappa shape index (κ3) is 5.69. The fraction of sp³-hybridized carbons (Fsp3) is 0.429. The molecule has 1 aromatic rings. The summed E-state index contributed by atoms with van der Waals surface area (Å²) in [7, 11) is 0.